The van der Waals surface area contributed by atoms with Gasteiger partial charge in [0.2, 0.25) is 0 Å². The van der Waals surface area contributed by atoms with Gasteiger partial charge >= 0.3 is 0 Å². The summed E-state index contributed by atoms with van der Waals surface area (Å²) >= 11 is 0. The Balaban J connectivity index is 2.52. The van der Waals surface area contributed by atoms with E-state index < -0.39 is 0 Å². The SMILES string of the molecule is CCCNCc1ccc(CN(C)C(C)C(C)(C)C)nc1. The summed E-state index contributed by atoms with van der Waals surface area (Å²) in [6, 6.07) is 4.85. The summed E-state index contributed by atoms with van der Waals surface area (Å²) in [5.41, 5.74) is 2.69. The Kier molecular flexibility index (Phi) is 6.63. The third-order valence-corrected chi connectivity index (χ3v) is 3.97. The lowest BCUT2D eigenvalue weighted by Crippen LogP contribution is -2.38. The Bertz CT molecular complexity index is 378. The fourth-order valence-electron chi connectivity index (χ4n) is 2.12. The molecule has 20 heavy (non-hydrogen) atoms. The van der Waals surface area contributed by atoms with Crippen LogP contribution in [0.1, 0.15) is 52.3 Å². The average Bonchev–Trinajstić information content (AvgIpc) is 2.39. The van der Waals surface area contributed by atoms with Gasteiger partial charge in [0, 0.05) is 25.3 Å². The molecule has 3 heteroatoms. The first kappa shape index (κ1) is 17.1. The van der Waals surface area contributed by atoms with E-state index in [0.717, 1.165) is 25.3 Å². The molecule has 0 aliphatic heterocycles. The van der Waals surface area contributed by atoms with E-state index in [2.05, 4.69) is 69.0 Å². The molecule has 1 atom stereocenters. The molecule has 0 saturated heterocycles. The standard InChI is InChI=1S/C17H31N3/c1-7-10-18-11-15-8-9-16(19-12-15)13-20(6)14(2)17(3,4)5/h8-9,12,14,18H,7,10-11,13H2,1-6H3. The van der Waals surface area contributed by atoms with Crippen LogP contribution in [0.25, 0.3) is 0 Å². The van der Waals surface area contributed by atoms with Gasteiger partial charge in [-0.05, 0) is 44.0 Å². The predicted molar refractivity (Wildman–Crippen MR) is 86.6 cm³/mol. The number of hydrogen-bond acceptors (Lipinski definition) is 3. The zero-order valence-electron chi connectivity index (χ0n) is 14.0. The molecule has 0 radical (unpaired) electrons. The van der Waals surface area contributed by atoms with Gasteiger partial charge in [0.05, 0.1) is 5.69 Å². The van der Waals surface area contributed by atoms with Crippen molar-refractivity contribution in [3.63, 3.8) is 0 Å². The van der Waals surface area contributed by atoms with E-state index in [-0.39, 0.29) is 0 Å². The largest absolute Gasteiger partial charge is 0.313 e. The molecular weight excluding hydrogens is 246 g/mol. The van der Waals surface area contributed by atoms with Crippen molar-refractivity contribution in [1.29, 1.82) is 0 Å². The van der Waals surface area contributed by atoms with Crippen LogP contribution in [0.4, 0.5) is 0 Å². The van der Waals surface area contributed by atoms with Crippen molar-refractivity contribution in [2.75, 3.05) is 13.6 Å². The highest BCUT2D eigenvalue weighted by Crippen LogP contribution is 2.23. The van der Waals surface area contributed by atoms with Gasteiger partial charge in [-0.3, -0.25) is 9.88 Å². The Morgan fingerprint density at radius 2 is 2.00 bits per heavy atom. The van der Waals surface area contributed by atoms with Crippen LogP contribution in [0.5, 0.6) is 0 Å². The number of nitrogens with zero attached hydrogens (tertiary/aromatic N) is 2. The van der Waals surface area contributed by atoms with Crippen molar-refractivity contribution in [3.8, 4) is 0 Å². The van der Waals surface area contributed by atoms with Crippen molar-refractivity contribution < 1.29 is 0 Å². The summed E-state index contributed by atoms with van der Waals surface area (Å²) in [5.74, 6) is 0. The van der Waals surface area contributed by atoms with Gasteiger partial charge in [0.15, 0.2) is 0 Å². The lowest BCUT2D eigenvalue weighted by Gasteiger charge is -2.35. The van der Waals surface area contributed by atoms with E-state index >= 15 is 0 Å². The Hall–Kier alpha value is -0.930. The van der Waals surface area contributed by atoms with Crippen LogP contribution in [0.2, 0.25) is 0 Å². The number of aromatic nitrogens is 1. The lowest BCUT2D eigenvalue weighted by molar-refractivity contribution is 0.133. The highest BCUT2D eigenvalue weighted by atomic mass is 15.1. The van der Waals surface area contributed by atoms with Gasteiger partial charge in [-0.1, -0.05) is 33.8 Å². The van der Waals surface area contributed by atoms with Gasteiger partial charge in [-0.2, -0.15) is 0 Å². The fraction of sp³-hybridized carbons (Fsp3) is 0.706. The van der Waals surface area contributed by atoms with E-state index in [1.54, 1.807) is 0 Å². The molecule has 1 aromatic heterocycles. The van der Waals surface area contributed by atoms with Crippen LogP contribution >= 0.6 is 0 Å². The van der Waals surface area contributed by atoms with E-state index in [4.69, 9.17) is 0 Å². The molecule has 0 saturated carbocycles. The molecule has 0 spiro atoms. The molecule has 0 aliphatic carbocycles. The number of rotatable bonds is 7. The molecule has 1 aromatic rings. The quantitative estimate of drug-likeness (QED) is 0.774. The highest BCUT2D eigenvalue weighted by molar-refractivity contribution is 5.14. The van der Waals surface area contributed by atoms with Crippen LogP contribution in [0.3, 0.4) is 0 Å². The number of nitrogens with one attached hydrogen (secondary N) is 1. The second kappa shape index (κ2) is 7.75. The molecule has 0 aliphatic rings. The summed E-state index contributed by atoms with van der Waals surface area (Å²) in [7, 11) is 2.17. The van der Waals surface area contributed by atoms with Crippen molar-refractivity contribution >= 4 is 0 Å². The summed E-state index contributed by atoms with van der Waals surface area (Å²) in [4.78, 5) is 6.95. The molecule has 1 N–H and O–H groups in total. The minimum Gasteiger partial charge on any atom is -0.313 e. The minimum atomic E-state index is 0.290. The van der Waals surface area contributed by atoms with E-state index in [0.29, 0.717) is 11.5 Å². The first-order valence-corrected chi connectivity index (χ1v) is 7.69. The predicted octanol–water partition coefficient (Wildman–Crippen LogP) is 3.45. The summed E-state index contributed by atoms with van der Waals surface area (Å²) in [6.45, 7) is 14.2. The van der Waals surface area contributed by atoms with Gasteiger partial charge in [0.1, 0.15) is 0 Å². The number of pyridine rings is 1. The second-order valence-corrected chi connectivity index (χ2v) is 6.79. The van der Waals surface area contributed by atoms with Crippen LogP contribution in [-0.2, 0) is 13.1 Å². The normalized spacial score (nSPS) is 13.8. The topological polar surface area (TPSA) is 28.2 Å². The Morgan fingerprint density at radius 3 is 2.50 bits per heavy atom. The van der Waals surface area contributed by atoms with E-state index in [9.17, 15) is 0 Å². The van der Waals surface area contributed by atoms with Crippen molar-refractivity contribution in [1.82, 2.24) is 15.2 Å². The maximum Gasteiger partial charge on any atom is 0.0544 e. The first-order valence-electron chi connectivity index (χ1n) is 7.69. The molecule has 3 nitrogen and oxygen atoms in total. The molecule has 1 rings (SSSR count). The monoisotopic (exact) mass is 277 g/mol. The molecule has 1 heterocycles. The van der Waals surface area contributed by atoms with Crippen molar-refractivity contribution in [2.24, 2.45) is 5.41 Å². The Labute approximate surface area is 124 Å². The minimum absolute atomic E-state index is 0.290. The van der Waals surface area contributed by atoms with Crippen molar-refractivity contribution in [3.05, 3.63) is 29.6 Å². The van der Waals surface area contributed by atoms with Crippen LogP contribution in [0.15, 0.2) is 18.3 Å². The summed E-state index contributed by atoms with van der Waals surface area (Å²) < 4.78 is 0. The molecular formula is C17H31N3. The molecule has 0 amide bonds. The lowest BCUT2D eigenvalue weighted by atomic mass is 9.87. The zero-order valence-corrected chi connectivity index (χ0v) is 14.0. The smallest absolute Gasteiger partial charge is 0.0544 e. The first-order chi connectivity index (χ1) is 9.34. The molecule has 0 aromatic carbocycles. The second-order valence-electron chi connectivity index (χ2n) is 6.79. The van der Waals surface area contributed by atoms with Crippen LogP contribution in [0, 0.1) is 5.41 Å². The fourth-order valence-corrected chi connectivity index (χ4v) is 2.12. The Morgan fingerprint density at radius 1 is 1.30 bits per heavy atom. The van der Waals surface area contributed by atoms with Crippen LogP contribution < -0.4 is 5.32 Å². The number of hydrogen-bond donors (Lipinski definition) is 1. The maximum atomic E-state index is 4.58. The van der Waals surface area contributed by atoms with Crippen molar-refractivity contribution in [2.45, 2.75) is 60.2 Å². The molecule has 1 unspecified atom stereocenters. The van der Waals surface area contributed by atoms with Gasteiger partial charge in [0.25, 0.3) is 0 Å². The molecule has 114 valence electrons. The third-order valence-electron chi connectivity index (χ3n) is 3.97. The van der Waals surface area contributed by atoms with Gasteiger partial charge < -0.3 is 5.32 Å². The summed E-state index contributed by atoms with van der Waals surface area (Å²) in [5, 5.41) is 3.40. The van der Waals surface area contributed by atoms with Gasteiger partial charge in [-0.15, -0.1) is 0 Å². The molecule has 0 fully saturated rings. The maximum absolute atomic E-state index is 4.58. The zero-order chi connectivity index (χ0) is 15.2. The average molecular weight is 277 g/mol. The summed E-state index contributed by atoms with van der Waals surface area (Å²) in [6.07, 6.45) is 3.16. The van der Waals surface area contributed by atoms with Crippen LogP contribution in [-0.4, -0.2) is 29.5 Å². The van der Waals surface area contributed by atoms with Gasteiger partial charge in [-0.25, -0.2) is 0 Å². The molecule has 0 bridgehead atoms. The third kappa shape index (κ3) is 5.59. The van der Waals surface area contributed by atoms with E-state index in [1.165, 1.54) is 12.0 Å². The van der Waals surface area contributed by atoms with E-state index in [1.807, 2.05) is 6.20 Å². The highest BCUT2D eigenvalue weighted by Gasteiger charge is 2.23.